The zero-order chi connectivity index (χ0) is 17.9. The first-order chi connectivity index (χ1) is 12.7. The molecule has 0 bridgehead atoms. The van der Waals surface area contributed by atoms with Gasteiger partial charge in [0.1, 0.15) is 0 Å². The Hall–Kier alpha value is -2.22. The fourth-order valence-corrected chi connectivity index (χ4v) is 3.88. The number of hydrogen-bond acceptors (Lipinski definition) is 6. The van der Waals surface area contributed by atoms with E-state index in [0.717, 1.165) is 44.2 Å². The summed E-state index contributed by atoms with van der Waals surface area (Å²) in [5.74, 6) is 0.971. The molecule has 26 heavy (non-hydrogen) atoms. The zero-order valence-corrected chi connectivity index (χ0v) is 15.0. The average Bonchev–Trinajstić information content (AvgIpc) is 3.08. The molecule has 1 aromatic heterocycles. The van der Waals surface area contributed by atoms with Crippen LogP contribution < -0.4 is 10.9 Å². The van der Waals surface area contributed by atoms with Gasteiger partial charge in [0.05, 0.1) is 18.3 Å². The number of benzene rings is 1. The molecule has 7 heteroatoms. The maximum absolute atomic E-state index is 12.0. The molecule has 2 fully saturated rings. The molecule has 2 aliphatic rings. The maximum Gasteiger partial charge on any atom is 0.235 e. The van der Waals surface area contributed by atoms with Crippen molar-refractivity contribution in [1.29, 1.82) is 0 Å². The summed E-state index contributed by atoms with van der Waals surface area (Å²) in [5, 5.41) is 3.96. The highest BCUT2D eigenvalue weighted by Gasteiger charge is 2.35. The molecule has 0 aliphatic carbocycles. The third-order valence-corrected chi connectivity index (χ3v) is 5.24. The average molecular weight is 355 g/mol. The van der Waals surface area contributed by atoms with E-state index < -0.39 is 0 Å². The Morgan fingerprint density at radius 1 is 1.19 bits per heavy atom. The number of hydrogen-bond donors (Lipinski definition) is 2. The molecule has 0 saturated carbocycles. The van der Waals surface area contributed by atoms with Crippen molar-refractivity contribution in [3.05, 3.63) is 53.4 Å². The number of rotatable bonds is 4. The van der Waals surface area contributed by atoms with Crippen LogP contribution in [0.5, 0.6) is 0 Å². The molecule has 0 radical (unpaired) electrons. The number of aryl methyl sites for hydroxylation is 1. The van der Waals surface area contributed by atoms with E-state index in [-0.39, 0.29) is 18.0 Å². The third-order valence-electron chi connectivity index (χ3n) is 5.24. The quantitative estimate of drug-likeness (QED) is 0.860. The highest BCUT2D eigenvalue weighted by Crippen LogP contribution is 2.26. The second-order valence-electron chi connectivity index (χ2n) is 7.10. The lowest BCUT2D eigenvalue weighted by Crippen LogP contribution is -2.60. The summed E-state index contributed by atoms with van der Waals surface area (Å²) in [6, 6.07) is 12.6. The van der Waals surface area contributed by atoms with Gasteiger partial charge in [0.25, 0.3) is 0 Å². The Bertz CT molecular complexity index is 739. The molecule has 2 aliphatic heterocycles. The number of nitrogens with one attached hydrogen (secondary N) is 2. The van der Waals surface area contributed by atoms with Gasteiger partial charge >= 0.3 is 0 Å². The van der Waals surface area contributed by atoms with E-state index in [9.17, 15) is 4.79 Å². The number of hydrazine groups is 1. The molecular formula is C19H25N5O2. The Morgan fingerprint density at radius 3 is 2.65 bits per heavy atom. The summed E-state index contributed by atoms with van der Waals surface area (Å²) in [6.45, 7) is 6.53. The minimum atomic E-state index is 0.0572. The molecule has 1 amide bonds. The first kappa shape index (κ1) is 17.2. The zero-order valence-electron chi connectivity index (χ0n) is 15.0. The number of carbonyl (C=O) groups excluding carboxylic acids is 1. The molecule has 2 N–H and O–H groups in total. The fraction of sp³-hybridized carbons (Fsp3) is 0.474. The van der Waals surface area contributed by atoms with Gasteiger partial charge in [0.15, 0.2) is 5.76 Å². The Morgan fingerprint density at radius 2 is 1.96 bits per heavy atom. The molecule has 3 heterocycles. The number of nitrogens with zero attached hydrogens (tertiary/aromatic N) is 3. The van der Waals surface area contributed by atoms with E-state index in [4.69, 9.17) is 4.52 Å². The Labute approximate surface area is 153 Å². The smallest absolute Gasteiger partial charge is 0.235 e. The van der Waals surface area contributed by atoms with Crippen molar-refractivity contribution in [2.24, 2.45) is 0 Å². The fourth-order valence-electron chi connectivity index (χ4n) is 3.88. The van der Waals surface area contributed by atoms with Gasteiger partial charge in [-0.15, -0.1) is 0 Å². The van der Waals surface area contributed by atoms with Crippen molar-refractivity contribution in [1.82, 2.24) is 25.8 Å². The minimum absolute atomic E-state index is 0.0572. The summed E-state index contributed by atoms with van der Waals surface area (Å²) >= 11 is 0. The van der Waals surface area contributed by atoms with Crippen LogP contribution in [-0.2, 0) is 11.3 Å². The van der Waals surface area contributed by atoms with Crippen molar-refractivity contribution in [2.75, 3.05) is 26.2 Å². The van der Waals surface area contributed by atoms with E-state index in [1.54, 1.807) is 0 Å². The molecule has 4 rings (SSSR count). The lowest BCUT2D eigenvalue weighted by atomic mass is 9.93. The highest BCUT2D eigenvalue weighted by molar-refractivity contribution is 5.77. The third kappa shape index (κ3) is 3.80. The van der Waals surface area contributed by atoms with Crippen LogP contribution in [-0.4, -0.2) is 53.1 Å². The molecule has 7 nitrogen and oxygen atoms in total. The monoisotopic (exact) mass is 355 g/mol. The van der Waals surface area contributed by atoms with Gasteiger partial charge in [-0.1, -0.05) is 35.5 Å². The normalized spacial score (nSPS) is 25.2. The van der Waals surface area contributed by atoms with Gasteiger partial charge in [-0.05, 0) is 12.5 Å². The van der Waals surface area contributed by atoms with Gasteiger partial charge in [-0.2, -0.15) is 0 Å². The van der Waals surface area contributed by atoms with Crippen molar-refractivity contribution >= 4 is 5.91 Å². The number of piperazine rings is 1. The lowest BCUT2D eigenvalue weighted by molar-refractivity contribution is -0.127. The van der Waals surface area contributed by atoms with Gasteiger partial charge in [-0.3, -0.25) is 20.0 Å². The summed E-state index contributed by atoms with van der Waals surface area (Å²) in [6.07, 6.45) is 0.522. The standard InChI is InChI=1S/C19H25N5O2/c1-14-11-16(26-22-14)13-23-7-9-24(10-8-23)17-12-18(25)20-21-19(17)15-5-3-2-4-6-15/h2-6,11,17,19,21H,7-10,12-13H2,1H3,(H,20,25). The second-order valence-corrected chi connectivity index (χ2v) is 7.10. The SMILES string of the molecule is Cc1cc(CN2CCN(C3CC(=O)NNC3c3ccccc3)CC2)on1. The van der Waals surface area contributed by atoms with Gasteiger partial charge in [0.2, 0.25) is 5.91 Å². The first-order valence-corrected chi connectivity index (χ1v) is 9.17. The Kier molecular flexibility index (Phi) is 5.01. The first-order valence-electron chi connectivity index (χ1n) is 9.17. The van der Waals surface area contributed by atoms with Crippen LogP contribution in [0.4, 0.5) is 0 Å². The van der Waals surface area contributed by atoms with E-state index in [1.165, 1.54) is 5.56 Å². The van der Waals surface area contributed by atoms with Crippen LogP contribution in [0.2, 0.25) is 0 Å². The van der Waals surface area contributed by atoms with E-state index in [2.05, 4.69) is 37.9 Å². The predicted octanol–water partition coefficient (Wildman–Crippen LogP) is 1.24. The maximum atomic E-state index is 12.0. The van der Waals surface area contributed by atoms with Crippen molar-refractivity contribution < 1.29 is 9.32 Å². The summed E-state index contributed by atoms with van der Waals surface area (Å²) in [7, 11) is 0. The lowest BCUT2D eigenvalue weighted by Gasteiger charge is -2.44. The van der Waals surface area contributed by atoms with Crippen molar-refractivity contribution in [3.8, 4) is 0 Å². The van der Waals surface area contributed by atoms with Crippen LogP contribution in [0, 0.1) is 6.92 Å². The van der Waals surface area contributed by atoms with Gasteiger partial charge < -0.3 is 4.52 Å². The topological polar surface area (TPSA) is 73.6 Å². The van der Waals surface area contributed by atoms with Crippen LogP contribution in [0.1, 0.15) is 29.5 Å². The van der Waals surface area contributed by atoms with E-state index >= 15 is 0 Å². The summed E-state index contributed by atoms with van der Waals surface area (Å²) in [4.78, 5) is 16.8. The van der Waals surface area contributed by atoms with Crippen LogP contribution in [0.3, 0.4) is 0 Å². The van der Waals surface area contributed by atoms with Gasteiger partial charge in [0, 0.05) is 44.7 Å². The number of amides is 1. The van der Waals surface area contributed by atoms with E-state index in [0.29, 0.717) is 6.42 Å². The van der Waals surface area contributed by atoms with Crippen LogP contribution in [0.15, 0.2) is 40.9 Å². The predicted molar refractivity (Wildman–Crippen MR) is 97.0 cm³/mol. The molecule has 138 valence electrons. The van der Waals surface area contributed by atoms with E-state index in [1.807, 2.05) is 31.2 Å². The molecule has 2 saturated heterocycles. The molecule has 2 atom stereocenters. The molecular weight excluding hydrogens is 330 g/mol. The molecule has 2 unspecified atom stereocenters. The minimum Gasteiger partial charge on any atom is -0.360 e. The highest BCUT2D eigenvalue weighted by atomic mass is 16.5. The second kappa shape index (κ2) is 7.57. The molecule has 0 spiro atoms. The summed E-state index contributed by atoms with van der Waals surface area (Å²) < 4.78 is 5.33. The molecule has 1 aromatic carbocycles. The van der Waals surface area contributed by atoms with Crippen LogP contribution in [0.25, 0.3) is 0 Å². The van der Waals surface area contributed by atoms with Gasteiger partial charge in [-0.25, -0.2) is 5.43 Å². The number of aromatic nitrogens is 1. The van der Waals surface area contributed by atoms with Crippen molar-refractivity contribution in [2.45, 2.75) is 32.0 Å². The largest absolute Gasteiger partial charge is 0.360 e. The van der Waals surface area contributed by atoms with Crippen LogP contribution >= 0.6 is 0 Å². The number of carbonyl (C=O) groups is 1. The van der Waals surface area contributed by atoms with Crippen molar-refractivity contribution in [3.63, 3.8) is 0 Å². The summed E-state index contributed by atoms with van der Waals surface area (Å²) in [5.41, 5.74) is 8.13. The Balaban J connectivity index is 1.40. The molecule has 2 aromatic rings.